The molecule has 0 spiro atoms. The van der Waals surface area contributed by atoms with Crippen molar-refractivity contribution in [2.75, 3.05) is 5.06 Å². The molecule has 13 heavy (non-hydrogen) atoms. The van der Waals surface area contributed by atoms with Crippen molar-refractivity contribution in [3.05, 3.63) is 29.8 Å². The summed E-state index contributed by atoms with van der Waals surface area (Å²) in [7, 11) is 0. The summed E-state index contributed by atoms with van der Waals surface area (Å²) in [5, 5.41) is 12.4. The third-order valence-corrected chi connectivity index (χ3v) is 2.43. The number of hydrogen-bond acceptors (Lipinski definition) is 2. The summed E-state index contributed by atoms with van der Waals surface area (Å²) in [6, 6.07) is 6.90. The van der Waals surface area contributed by atoms with Crippen molar-refractivity contribution in [3.63, 3.8) is 0 Å². The summed E-state index contributed by atoms with van der Waals surface area (Å²) < 4.78 is 0. The van der Waals surface area contributed by atoms with Crippen molar-refractivity contribution >= 4 is 11.5 Å². The van der Waals surface area contributed by atoms with Crippen LogP contribution in [0.1, 0.15) is 24.2 Å². The fourth-order valence-electron chi connectivity index (χ4n) is 1.57. The molecule has 0 atom stereocenters. The van der Waals surface area contributed by atoms with Gasteiger partial charge >= 0.3 is 0 Å². The Hall–Kier alpha value is -1.35. The molecule has 0 N–H and O–H groups in total. The first-order valence-electron chi connectivity index (χ1n) is 4.16. The van der Waals surface area contributed by atoms with Crippen LogP contribution in [0.4, 0.5) is 5.69 Å². The molecule has 1 aliphatic heterocycles. The number of Topliss-reactive ketones (excluding diaryl/α,β-unsaturated/α-hetero) is 1. The van der Waals surface area contributed by atoms with Gasteiger partial charge in [0, 0.05) is 5.56 Å². The summed E-state index contributed by atoms with van der Waals surface area (Å²) in [5.41, 5.74) is 0.0731. The van der Waals surface area contributed by atoms with Crippen molar-refractivity contribution in [2.24, 2.45) is 0 Å². The van der Waals surface area contributed by atoms with Crippen LogP contribution in [0.3, 0.4) is 0 Å². The maximum atomic E-state index is 11.7. The number of carbonyl (C=O) groups is 1. The first-order valence-corrected chi connectivity index (χ1v) is 4.16. The van der Waals surface area contributed by atoms with Gasteiger partial charge in [0.2, 0.25) is 0 Å². The Labute approximate surface area is 76.6 Å². The largest absolute Gasteiger partial charge is 0.291 e. The number of rotatable bonds is 0. The van der Waals surface area contributed by atoms with E-state index in [1.54, 1.807) is 38.1 Å². The van der Waals surface area contributed by atoms with Crippen molar-refractivity contribution in [1.29, 1.82) is 0 Å². The van der Waals surface area contributed by atoms with Crippen LogP contribution < -0.4 is 5.06 Å². The van der Waals surface area contributed by atoms with Gasteiger partial charge in [0.05, 0.1) is 5.69 Å². The monoisotopic (exact) mass is 176 g/mol. The molecule has 0 saturated heterocycles. The van der Waals surface area contributed by atoms with Gasteiger partial charge in [0.25, 0.3) is 0 Å². The van der Waals surface area contributed by atoms with Gasteiger partial charge in [-0.25, -0.2) is 5.06 Å². The number of hydroxylamine groups is 1. The van der Waals surface area contributed by atoms with E-state index >= 15 is 0 Å². The lowest BCUT2D eigenvalue weighted by Crippen LogP contribution is -2.41. The standard InChI is InChI=1S/C10H10NO2/c1-10(2)9(12)7-5-3-4-6-8(7)11(10)13/h3-6H,1-2H3. The molecule has 0 bridgehead atoms. The minimum Gasteiger partial charge on any atom is -0.291 e. The van der Waals surface area contributed by atoms with Crippen molar-refractivity contribution < 1.29 is 10.0 Å². The van der Waals surface area contributed by atoms with E-state index in [1.807, 2.05) is 0 Å². The van der Waals surface area contributed by atoms with E-state index < -0.39 is 5.54 Å². The highest BCUT2D eigenvalue weighted by atomic mass is 16.5. The second kappa shape index (κ2) is 2.33. The van der Waals surface area contributed by atoms with Crippen LogP contribution in [0.2, 0.25) is 0 Å². The molecule has 67 valence electrons. The maximum Gasteiger partial charge on any atom is 0.192 e. The maximum absolute atomic E-state index is 11.7. The van der Waals surface area contributed by atoms with Gasteiger partial charge in [-0.3, -0.25) is 4.79 Å². The Morgan fingerprint density at radius 1 is 1.23 bits per heavy atom. The zero-order valence-electron chi connectivity index (χ0n) is 7.57. The molecule has 0 fully saturated rings. The number of benzene rings is 1. The number of nitrogens with zero attached hydrogens (tertiary/aromatic N) is 1. The highest BCUT2D eigenvalue weighted by molar-refractivity contribution is 6.12. The summed E-state index contributed by atoms with van der Waals surface area (Å²) in [6.45, 7) is 3.28. The molecular weight excluding hydrogens is 166 g/mol. The molecule has 0 saturated carbocycles. The third kappa shape index (κ3) is 0.906. The van der Waals surface area contributed by atoms with Crippen LogP contribution in [-0.4, -0.2) is 11.3 Å². The lowest BCUT2D eigenvalue weighted by Gasteiger charge is -2.22. The van der Waals surface area contributed by atoms with Gasteiger partial charge in [-0.1, -0.05) is 17.3 Å². The first kappa shape index (κ1) is 8.26. The quantitative estimate of drug-likeness (QED) is 0.604. The van der Waals surface area contributed by atoms with E-state index in [1.165, 1.54) is 0 Å². The number of fused-ring (bicyclic) bond motifs is 1. The lowest BCUT2D eigenvalue weighted by molar-refractivity contribution is 0.0715. The Morgan fingerprint density at radius 2 is 1.85 bits per heavy atom. The molecule has 0 aromatic heterocycles. The van der Waals surface area contributed by atoms with Crippen molar-refractivity contribution in [1.82, 2.24) is 0 Å². The Bertz CT molecular complexity index is 371. The van der Waals surface area contributed by atoms with E-state index in [2.05, 4.69) is 0 Å². The molecule has 1 aliphatic rings. The summed E-state index contributed by atoms with van der Waals surface area (Å²) in [4.78, 5) is 11.7. The van der Waals surface area contributed by atoms with Gasteiger partial charge in [-0.2, -0.15) is 0 Å². The van der Waals surface area contributed by atoms with Gasteiger partial charge in [-0.15, -0.1) is 0 Å². The number of carbonyl (C=O) groups excluding carboxylic acids is 1. The number of para-hydroxylation sites is 1. The molecule has 1 radical (unpaired) electrons. The molecular formula is C10H10NO2. The van der Waals surface area contributed by atoms with Gasteiger partial charge in [0.1, 0.15) is 5.54 Å². The molecule has 0 unspecified atom stereocenters. The van der Waals surface area contributed by atoms with E-state index in [-0.39, 0.29) is 5.78 Å². The molecule has 3 nitrogen and oxygen atoms in total. The molecule has 0 aliphatic carbocycles. The number of hydrogen-bond donors (Lipinski definition) is 0. The second-order valence-electron chi connectivity index (χ2n) is 3.70. The minimum atomic E-state index is -0.941. The average Bonchev–Trinajstić information content (AvgIpc) is 2.30. The highest BCUT2D eigenvalue weighted by Gasteiger charge is 2.44. The average molecular weight is 176 g/mol. The Kier molecular flexibility index (Phi) is 1.48. The second-order valence-corrected chi connectivity index (χ2v) is 3.70. The molecule has 2 rings (SSSR count). The molecule has 1 aromatic rings. The number of anilines is 1. The highest BCUT2D eigenvalue weighted by Crippen LogP contribution is 2.36. The Balaban J connectivity index is 2.64. The lowest BCUT2D eigenvalue weighted by atomic mass is 9.98. The zero-order chi connectivity index (χ0) is 9.64. The minimum absolute atomic E-state index is 0.0990. The topological polar surface area (TPSA) is 40.2 Å². The van der Waals surface area contributed by atoms with Crippen LogP contribution in [0.5, 0.6) is 0 Å². The van der Waals surface area contributed by atoms with E-state index in [0.29, 0.717) is 11.3 Å². The normalized spacial score (nSPS) is 19.0. The number of ketones is 1. The van der Waals surface area contributed by atoms with E-state index in [4.69, 9.17) is 0 Å². The summed E-state index contributed by atoms with van der Waals surface area (Å²) >= 11 is 0. The molecule has 0 amide bonds. The van der Waals surface area contributed by atoms with Crippen molar-refractivity contribution in [3.8, 4) is 0 Å². The predicted molar refractivity (Wildman–Crippen MR) is 48.0 cm³/mol. The fourth-order valence-corrected chi connectivity index (χ4v) is 1.57. The fraction of sp³-hybridized carbons (Fsp3) is 0.300. The van der Waals surface area contributed by atoms with Crippen LogP contribution in [0.25, 0.3) is 0 Å². The third-order valence-electron chi connectivity index (χ3n) is 2.43. The summed E-state index contributed by atoms with van der Waals surface area (Å²) in [5.74, 6) is -0.0990. The van der Waals surface area contributed by atoms with Crippen LogP contribution in [-0.2, 0) is 5.21 Å². The zero-order valence-corrected chi connectivity index (χ0v) is 7.57. The first-order chi connectivity index (χ1) is 6.05. The van der Waals surface area contributed by atoms with Gasteiger partial charge in [0.15, 0.2) is 5.78 Å². The van der Waals surface area contributed by atoms with Crippen LogP contribution >= 0.6 is 0 Å². The van der Waals surface area contributed by atoms with Crippen molar-refractivity contribution in [2.45, 2.75) is 19.4 Å². The van der Waals surface area contributed by atoms with Gasteiger partial charge < -0.3 is 0 Å². The molecule has 3 heteroatoms. The van der Waals surface area contributed by atoms with Crippen LogP contribution in [0.15, 0.2) is 24.3 Å². The molecule has 1 heterocycles. The Morgan fingerprint density at radius 3 is 2.46 bits per heavy atom. The smallest absolute Gasteiger partial charge is 0.192 e. The SMILES string of the molecule is CC1(C)C(=O)c2ccccc2N1[O]. The van der Waals surface area contributed by atoms with E-state index in [0.717, 1.165) is 5.06 Å². The summed E-state index contributed by atoms with van der Waals surface area (Å²) in [6.07, 6.45) is 0. The predicted octanol–water partition coefficient (Wildman–Crippen LogP) is 1.81. The molecule has 1 aromatic carbocycles. The van der Waals surface area contributed by atoms with Gasteiger partial charge in [-0.05, 0) is 26.0 Å². The van der Waals surface area contributed by atoms with E-state index in [9.17, 15) is 10.0 Å². The van der Waals surface area contributed by atoms with Crippen LogP contribution in [0, 0.1) is 0 Å².